The SMILES string of the molecule is NNc1nc(-c2ccccc2)c2cc([N+](=O)[O-])ccc2n1. The number of rotatable bonds is 3. The first kappa shape index (κ1) is 12.9. The van der Waals surface area contributed by atoms with Gasteiger partial charge >= 0.3 is 0 Å². The molecule has 104 valence electrons. The Bertz CT molecular complexity index is 820. The number of nitrogens with zero attached hydrogens (tertiary/aromatic N) is 3. The van der Waals surface area contributed by atoms with E-state index in [0.717, 1.165) is 5.56 Å². The largest absolute Gasteiger partial charge is 0.292 e. The number of hydrazine groups is 1. The molecule has 0 aliphatic heterocycles. The summed E-state index contributed by atoms with van der Waals surface area (Å²) in [6, 6.07) is 13.8. The molecule has 1 heterocycles. The molecule has 2 aromatic carbocycles. The van der Waals surface area contributed by atoms with E-state index in [4.69, 9.17) is 5.84 Å². The third-order valence-electron chi connectivity index (χ3n) is 3.07. The minimum Gasteiger partial charge on any atom is -0.292 e. The van der Waals surface area contributed by atoms with Crippen LogP contribution in [-0.4, -0.2) is 14.9 Å². The number of nitro benzene ring substituents is 1. The first-order valence-electron chi connectivity index (χ1n) is 6.17. The first-order chi connectivity index (χ1) is 10.2. The van der Waals surface area contributed by atoms with E-state index in [2.05, 4.69) is 15.4 Å². The van der Waals surface area contributed by atoms with Gasteiger partial charge in [0.05, 0.1) is 16.1 Å². The van der Waals surface area contributed by atoms with Gasteiger partial charge in [-0.25, -0.2) is 15.8 Å². The van der Waals surface area contributed by atoms with Gasteiger partial charge in [0.1, 0.15) is 0 Å². The average molecular weight is 281 g/mol. The van der Waals surface area contributed by atoms with Gasteiger partial charge in [0, 0.05) is 23.1 Å². The second kappa shape index (κ2) is 5.14. The molecule has 3 aromatic rings. The van der Waals surface area contributed by atoms with Gasteiger partial charge in [-0.2, -0.15) is 0 Å². The fourth-order valence-corrected chi connectivity index (χ4v) is 2.11. The molecule has 0 saturated carbocycles. The summed E-state index contributed by atoms with van der Waals surface area (Å²) in [7, 11) is 0. The fourth-order valence-electron chi connectivity index (χ4n) is 2.11. The number of hydrogen-bond acceptors (Lipinski definition) is 6. The average Bonchev–Trinajstić information content (AvgIpc) is 2.54. The number of nitrogens with two attached hydrogens (primary N) is 1. The Morgan fingerprint density at radius 2 is 1.86 bits per heavy atom. The van der Waals surface area contributed by atoms with Crippen LogP contribution < -0.4 is 11.3 Å². The van der Waals surface area contributed by atoms with Crippen molar-refractivity contribution in [1.82, 2.24) is 9.97 Å². The minimum absolute atomic E-state index is 0.00302. The summed E-state index contributed by atoms with van der Waals surface area (Å²) in [5.74, 6) is 5.64. The van der Waals surface area contributed by atoms with Gasteiger partial charge in [0.25, 0.3) is 5.69 Å². The highest BCUT2D eigenvalue weighted by Gasteiger charge is 2.13. The van der Waals surface area contributed by atoms with Gasteiger partial charge in [-0.3, -0.25) is 15.5 Å². The number of non-ortho nitro benzene ring substituents is 1. The first-order valence-corrected chi connectivity index (χ1v) is 6.17. The summed E-state index contributed by atoms with van der Waals surface area (Å²) in [5.41, 5.74) is 4.42. The van der Waals surface area contributed by atoms with Crippen molar-refractivity contribution in [3.63, 3.8) is 0 Å². The molecule has 7 nitrogen and oxygen atoms in total. The van der Waals surface area contributed by atoms with Gasteiger partial charge < -0.3 is 0 Å². The van der Waals surface area contributed by atoms with Gasteiger partial charge in [-0.05, 0) is 6.07 Å². The van der Waals surface area contributed by atoms with Crippen molar-refractivity contribution < 1.29 is 4.92 Å². The number of fused-ring (bicyclic) bond motifs is 1. The topological polar surface area (TPSA) is 107 Å². The smallest absolute Gasteiger partial charge is 0.270 e. The number of nitrogens with one attached hydrogen (secondary N) is 1. The Morgan fingerprint density at radius 3 is 2.52 bits per heavy atom. The summed E-state index contributed by atoms with van der Waals surface area (Å²) in [6.45, 7) is 0. The third kappa shape index (κ3) is 2.37. The zero-order valence-corrected chi connectivity index (χ0v) is 10.9. The predicted molar refractivity (Wildman–Crippen MR) is 79.4 cm³/mol. The van der Waals surface area contributed by atoms with E-state index in [1.54, 1.807) is 6.07 Å². The molecule has 0 fully saturated rings. The number of benzene rings is 2. The summed E-state index contributed by atoms with van der Waals surface area (Å²) in [5, 5.41) is 11.6. The Balaban J connectivity index is 2.33. The Labute approximate surface area is 119 Å². The van der Waals surface area contributed by atoms with Crippen molar-refractivity contribution in [3.8, 4) is 11.3 Å². The lowest BCUT2D eigenvalue weighted by molar-refractivity contribution is -0.384. The van der Waals surface area contributed by atoms with Crippen LogP contribution in [0.25, 0.3) is 22.2 Å². The molecule has 0 unspecified atom stereocenters. The molecule has 21 heavy (non-hydrogen) atoms. The lowest BCUT2D eigenvalue weighted by atomic mass is 10.1. The molecule has 1 aromatic heterocycles. The van der Waals surface area contributed by atoms with Crippen LogP contribution in [0.4, 0.5) is 11.6 Å². The number of nitro groups is 1. The normalized spacial score (nSPS) is 10.5. The summed E-state index contributed by atoms with van der Waals surface area (Å²) in [4.78, 5) is 19.0. The number of nitrogen functional groups attached to an aromatic ring is 1. The van der Waals surface area contributed by atoms with E-state index in [1.807, 2.05) is 30.3 Å². The molecule has 0 spiro atoms. The van der Waals surface area contributed by atoms with E-state index in [1.165, 1.54) is 12.1 Å². The van der Waals surface area contributed by atoms with Crippen molar-refractivity contribution in [2.75, 3.05) is 5.43 Å². The van der Waals surface area contributed by atoms with E-state index >= 15 is 0 Å². The maximum absolute atomic E-state index is 10.9. The van der Waals surface area contributed by atoms with Gasteiger partial charge in [-0.15, -0.1) is 0 Å². The molecule has 0 bridgehead atoms. The van der Waals surface area contributed by atoms with Crippen molar-refractivity contribution >= 4 is 22.5 Å². The van der Waals surface area contributed by atoms with Crippen LogP contribution in [0.15, 0.2) is 48.5 Å². The zero-order chi connectivity index (χ0) is 14.8. The molecule has 0 amide bonds. The predicted octanol–water partition coefficient (Wildman–Crippen LogP) is 2.49. The monoisotopic (exact) mass is 281 g/mol. The molecule has 0 aliphatic carbocycles. The Morgan fingerprint density at radius 1 is 1.10 bits per heavy atom. The molecule has 3 N–H and O–H groups in total. The Kier molecular flexibility index (Phi) is 3.17. The van der Waals surface area contributed by atoms with Crippen LogP contribution in [0.2, 0.25) is 0 Å². The summed E-state index contributed by atoms with van der Waals surface area (Å²) in [6.07, 6.45) is 0. The Hall–Kier alpha value is -3.06. The van der Waals surface area contributed by atoms with E-state index < -0.39 is 4.92 Å². The second-order valence-electron chi connectivity index (χ2n) is 4.36. The molecule has 3 rings (SSSR count). The van der Waals surface area contributed by atoms with Crippen molar-refractivity contribution in [3.05, 3.63) is 58.6 Å². The van der Waals surface area contributed by atoms with Gasteiger partial charge in [-0.1, -0.05) is 30.3 Å². The highest BCUT2D eigenvalue weighted by Crippen LogP contribution is 2.29. The molecular formula is C14H11N5O2. The summed E-state index contributed by atoms with van der Waals surface area (Å²) < 4.78 is 0. The standard InChI is InChI=1S/C14H11N5O2/c15-18-14-16-12-7-6-10(19(20)21)8-11(12)13(17-14)9-4-2-1-3-5-9/h1-8H,15H2,(H,16,17,18). The van der Waals surface area contributed by atoms with E-state index in [-0.39, 0.29) is 11.6 Å². The van der Waals surface area contributed by atoms with Crippen LogP contribution in [0.5, 0.6) is 0 Å². The second-order valence-corrected chi connectivity index (χ2v) is 4.36. The lowest BCUT2D eigenvalue weighted by Gasteiger charge is -2.08. The van der Waals surface area contributed by atoms with Gasteiger partial charge in [0.2, 0.25) is 5.95 Å². The van der Waals surface area contributed by atoms with Crippen LogP contribution in [0.3, 0.4) is 0 Å². The number of hydrogen-bond donors (Lipinski definition) is 2. The zero-order valence-electron chi connectivity index (χ0n) is 10.9. The van der Waals surface area contributed by atoms with Crippen molar-refractivity contribution in [1.29, 1.82) is 0 Å². The van der Waals surface area contributed by atoms with Crippen LogP contribution >= 0.6 is 0 Å². The van der Waals surface area contributed by atoms with Gasteiger partial charge in [0.15, 0.2) is 0 Å². The number of aromatic nitrogens is 2. The molecule has 0 atom stereocenters. The summed E-state index contributed by atoms with van der Waals surface area (Å²) >= 11 is 0. The quantitative estimate of drug-likeness (QED) is 0.434. The molecule has 7 heteroatoms. The van der Waals surface area contributed by atoms with Crippen molar-refractivity contribution in [2.24, 2.45) is 5.84 Å². The molecular weight excluding hydrogens is 270 g/mol. The molecule has 0 saturated heterocycles. The van der Waals surface area contributed by atoms with E-state index in [0.29, 0.717) is 16.6 Å². The number of anilines is 1. The van der Waals surface area contributed by atoms with E-state index in [9.17, 15) is 10.1 Å². The fraction of sp³-hybridized carbons (Fsp3) is 0. The molecule has 0 radical (unpaired) electrons. The van der Waals surface area contributed by atoms with Crippen LogP contribution in [0.1, 0.15) is 0 Å². The maximum Gasteiger partial charge on any atom is 0.270 e. The molecule has 0 aliphatic rings. The highest BCUT2D eigenvalue weighted by molar-refractivity contribution is 5.94. The van der Waals surface area contributed by atoms with Crippen LogP contribution in [0, 0.1) is 10.1 Å². The lowest BCUT2D eigenvalue weighted by Crippen LogP contribution is -2.11. The third-order valence-corrected chi connectivity index (χ3v) is 3.07. The maximum atomic E-state index is 10.9. The minimum atomic E-state index is -0.441. The highest BCUT2D eigenvalue weighted by atomic mass is 16.6. The van der Waals surface area contributed by atoms with Crippen molar-refractivity contribution in [2.45, 2.75) is 0 Å². The van der Waals surface area contributed by atoms with Crippen LogP contribution in [-0.2, 0) is 0 Å².